The first-order chi connectivity index (χ1) is 7.63. The van der Waals surface area contributed by atoms with Crippen molar-refractivity contribution in [2.45, 2.75) is 25.8 Å². The van der Waals surface area contributed by atoms with Crippen LogP contribution in [-0.2, 0) is 14.3 Å². The third-order valence-corrected chi connectivity index (χ3v) is 2.29. The number of carbonyl (C=O) groups is 2. The van der Waals surface area contributed by atoms with E-state index in [0.717, 1.165) is 12.8 Å². The van der Waals surface area contributed by atoms with E-state index >= 15 is 0 Å². The van der Waals surface area contributed by atoms with Crippen molar-refractivity contribution in [3.8, 4) is 0 Å². The number of ether oxygens (including phenoxy) is 1. The minimum atomic E-state index is -0.343. The van der Waals surface area contributed by atoms with Gasteiger partial charge in [-0.15, -0.1) is 0 Å². The van der Waals surface area contributed by atoms with Crippen LogP contribution in [0.4, 0.5) is 0 Å². The Bertz CT molecular complexity index is 296. The lowest BCUT2D eigenvalue weighted by molar-refractivity contribution is -0.136. The van der Waals surface area contributed by atoms with Crippen molar-refractivity contribution >= 4 is 11.9 Å². The monoisotopic (exact) mass is 226 g/mol. The summed E-state index contributed by atoms with van der Waals surface area (Å²) in [5.74, 6) is -0.337. The Morgan fingerprint density at radius 3 is 2.69 bits per heavy atom. The lowest BCUT2D eigenvalue weighted by atomic mass is 10.3. The van der Waals surface area contributed by atoms with Crippen LogP contribution < -0.4 is 10.6 Å². The number of hydrogen-bond acceptors (Lipinski definition) is 4. The molecule has 0 atom stereocenters. The second kappa shape index (κ2) is 6.27. The normalized spacial score (nSPS) is 15.8. The smallest absolute Gasteiger partial charge is 0.333 e. The quantitative estimate of drug-likeness (QED) is 0.379. The first-order valence-electron chi connectivity index (χ1n) is 5.38. The van der Waals surface area contributed by atoms with Gasteiger partial charge in [0.15, 0.2) is 0 Å². The molecule has 5 nitrogen and oxygen atoms in total. The molecule has 0 radical (unpaired) electrons. The van der Waals surface area contributed by atoms with E-state index in [0.29, 0.717) is 18.2 Å². The van der Waals surface area contributed by atoms with Crippen molar-refractivity contribution in [2.24, 2.45) is 0 Å². The van der Waals surface area contributed by atoms with E-state index in [4.69, 9.17) is 0 Å². The molecule has 1 saturated carbocycles. The molecule has 5 heteroatoms. The van der Waals surface area contributed by atoms with Gasteiger partial charge in [-0.1, -0.05) is 6.08 Å². The molecule has 1 aliphatic carbocycles. The largest absolute Gasteiger partial charge is 0.466 e. The average Bonchev–Trinajstić information content (AvgIpc) is 3.06. The van der Waals surface area contributed by atoms with Gasteiger partial charge in [0.05, 0.1) is 13.7 Å². The van der Waals surface area contributed by atoms with Crippen molar-refractivity contribution in [1.82, 2.24) is 10.6 Å². The Kier molecular flexibility index (Phi) is 4.98. The van der Waals surface area contributed by atoms with Gasteiger partial charge < -0.3 is 15.4 Å². The average molecular weight is 226 g/mol. The van der Waals surface area contributed by atoms with Gasteiger partial charge in [0.1, 0.15) is 0 Å². The maximum absolute atomic E-state index is 11.2. The van der Waals surface area contributed by atoms with Gasteiger partial charge in [0.2, 0.25) is 5.91 Å². The summed E-state index contributed by atoms with van der Waals surface area (Å²) in [5.41, 5.74) is 0.539. The number of hydrogen-bond donors (Lipinski definition) is 2. The number of methoxy groups -OCH3 is 1. The van der Waals surface area contributed by atoms with Crippen LogP contribution in [0.1, 0.15) is 19.8 Å². The first-order valence-corrected chi connectivity index (χ1v) is 5.38. The van der Waals surface area contributed by atoms with Crippen LogP contribution in [0, 0.1) is 0 Å². The molecule has 1 fully saturated rings. The Balaban J connectivity index is 2.09. The summed E-state index contributed by atoms with van der Waals surface area (Å²) in [5, 5.41) is 5.79. The second-order valence-electron chi connectivity index (χ2n) is 3.85. The van der Waals surface area contributed by atoms with Gasteiger partial charge in [-0.05, 0) is 19.8 Å². The third kappa shape index (κ3) is 4.93. The van der Waals surface area contributed by atoms with E-state index in [2.05, 4.69) is 15.4 Å². The molecule has 1 aliphatic rings. The van der Waals surface area contributed by atoms with E-state index < -0.39 is 0 Å². The summed E-state index contributed by atoms with van der Waals surface area (Å²) in [7, 11) is 1.34. The number of esters is 1. The van der Waals surface area contributed by atoms with Gasteiger partial charge >= 0.3 is 5.97 Å². The second-order valence-corrected chi connectivity index (χ2v) is 3.85. The summed E-state index contributed by atoms with van der Waals surface area (Å²) in [6, 6.07) is 0.390. The maximum Gasteiger partial charge on any atom is 0.333 e. The summed E-state index contributed by atoms with van der Waals surface area (Å²) in [6.07, 6.45) is 3.89. The number of nitrogens with one attached hydrogen (secondary N) is 2. The predicted octanol–water partition coefficient (Wildman–Crippen LogP) is -0.0261. The molecule has 1 rings (SSSR count). The van der Waals surface area contributed by atoms with Crippen LogP contribution in [0.3, 0.4) is 0 Å². The van der Waals surface area contributed by atoms with Crippen molar-refractivity contribution in [1.29, 1.82) is 0 Å². The van der Waals surface area contributed by atoms with Crippen LogP contribution in [0.15, 0.2) is 11.6 Å². The highest BCUT2D eigenvalue weighted by atomic mass is 16.5. The molecule has 0 heterocycles. The fraction of sp³-hybridized carbons (Fsp3) is 0.636. The molecule has 0 aromatic heterocycles. The van der Waals surface area contributed by atoms with Gasteiger partial charge in [0, 0.05) is 18.2 Å². The van der Waals surface area contributed by atoms with Gasteiger partial charge in [-0.3, -0.25) is 4.79 Å². The standard InChI is InChI=1S/C11H18N2O3/c1-8(11(15)16-2)5-6-12-7-10(14)13-9-3-4-9/h5,9,12H,3-4,6-7H2,1-2H3,(H,13,14). The zero-order valence-corrected chi connectivity index (χ0v) is 9.71. The molecular weight excluding hydrogens is 208 g/mol. The van der Waals surface area contributed by atoms with E-state index in [1.165, 1.54) is 7.11 Å². The minimum Gasteiger partial charge on any atom is -0.466 e. The predicted molar refractivity (Wildman–Crippen MR) is 59.8 cm³/mol. The first kappa shape index (κ1) is 12.7. The number of rotatable bonds is 6. The van der Waals surface area contributed by atoms with Gasteiger partial charge in [-0.25, -0.2) is 4.79 Å². The van der Waals surface area contributed by atoms with Crippen LogP contribution >= 0.6 is 0 Å². The van der Waals surface area contributed by atoms with Crippen molar-refractivity contribution in [3.05, 3.63) is 11.6 Å². The summed E-state index contributed by atoms with van der Waals surface area (Å²) >= 11 is 0. The van der Waals surface area contributed by atoms with Crippen LogP contribution in [0.2, 0.25) is 0 Å². The fourth-order valence-electron chi connectivity index (χ4n) is 1.16. The highest BCUT2D eigenvalue weighted by Gasteiger charge is 2.22. The fourth-order valence-corrected chi connectivity index (χ4v) is 1.16. The number of carbonyl (C=O) groups excluding carboxylic acids is 2. The lowest BCUT2D eigenvalue weighted by Crippen LogP contribution is -2.35. The molecule has 1 amide bonds. The zero-order valence-electron chi connectivity index (χ0n) is 9.71. The van der Waals surface area contributed by atoms with Crippen LogP contribution in [-0.4, -0.2) is 38.1 Å². The van der Waals surface area contributed by atoms with Crippen molar-refractivity contribution < 1.29 is 14.3 Å². The minimum absolute atomic E-state index is 0.00613. The maximum atomic E-state index is 11.2. The highest BCUT2D eigenvalue weighted by molar-refractivity contribution is 5.87. The summed E-state index contributed by atoms with van der Waals surface area (Å²) in [4.78, 5) is 22.2. The molecule has 0 aromatic carbocycles. The molecule has 2 N–H and O–H groups in total. The molecule has 16 heavy (non-hydrogen) atoms. The topological polar surface area (TPSA) is 67.4 Å². The van der Waals surface area contributed by atoms with E-state index in [-0.39, 0.29) is 18.4 Å². The molecule has 0 spiro atoms. The SMILES string of the molecule is COC(=O)C(C)=CCNCC(=O)NC1CC1. The van der Waals surface area contributed by atoms with Crippen LogP contribution in [0.5, 0.6) is 0 Å². The van der Waals surface area contributed by atoms with E-state index in [9.17, 15) is 9.59 Å². The molecule has 0 aliphatic heterocycles. The highest BCUT2D eigenvalue weighted by Crippen LogP contribution is 2.18. The molecule has 90 valence electrons. The molecule has 0 saturated heterocycles. The van der Waals surface area contributed by atoms with Crippen molar-refractivity contribution in [2.75, 3.05) is 20.2 Å². The van der Waals surface area contributed by atoms with E-state index in [1.807, 2.05) is 0 Å². The Labute approximate surface area is 95.2 Å². The van der Waals surface area contributed by atoms with E-state index in [1.54, 1.807) is 13.0 Å². The third-order valence-electron chi connectivity index (χ3n) is 2.29. The Hall–Kier alpha value is -1.36. The molecule has 0 aromatic rings. The zero-order chi connectivity index (χ0) is 12.0. The Morgan fingerprint density at radius 2 is 2.12 bits per heavy atom. The lowest BCUT2D eigenvalue weighted by Gasteiger charge is -2.03. The van der Waals surface area contributed by atoms with Crippen molar-refractivity contribution in [3.63, 3.8) is 0 Å². The molecule has 0 unspecified atom stereocenters. The summed E-state index contributed by atoms with van der Waals surface area (Å²) in [6.45, 7) is 2.44. The van der Waals surface area contributed by atoms with Gasteiger partial charge in [0.25, 0.3) is 0 Å². The number of amides is 1. The Morgan fingerprint density at radius 1 is 1.44 bits per heavy atom. The van der Waals surface area contributed by atoms with Crippen LogP contribution in [0.25, 0.3) is 0 Å². The molecular formula is C11H18N2O3. The summed E-state index contributed by atoms with van der Waals surface area (Å²) < 4.78 is 4.54. The van der Waals surface area contributed by atoms with Gasteiger partial charge in [-0.2, -0.15) is 0 Å². The molecule has 0 bridgehead atoms.